The summed E-state index contributed by atoms with van der Waals surface area (Å²) in [5, 5.41) is 17.2. The molecule has 0 fully saturated rings. The molecule has 0 saturated heterocycles. The van der Waals surface area contributed by atoms with Crippen molar-refractivity contribution in [3.8, 4) is 5.75 Å². The molecular formula is C16H16BrN3OS. The molecule has 0 aromatic heterocycles. The highest BCUT2D eigenvalue weighted by atomic mass is 79.9. The standard InChI is InChI=1S/C16H16BrN3OS/c1-10-4-3-5-14(11(10)2)19-16(22)20-18-9-12-8-13(17)6-7-15(12)21/h3-9,21H,1-2H3,(H2,19,20,22)/b18-9+. The maximum Gasteiger partial charge on any atom is 0.191 e. The third kappa shape index (κ3) is 4.29. The van der Waals surface area contributed by atoms with Gasteiger partial charge in [0, 0.05) is 15.7 Å². The molecule has 0 saturated carbocycles. The number of halogens is 1. The van der Waals surface area contributed by atoms with Gasteiger partial charge < -0.3 is 10.4 Å². The number of benzene rings is 2. The van der Waals surface area contributed by atoms with Crippen molar-refractivity contribution >= 4 is 45.2 Å². The Morgan fingerprint density at radius 1 is 1.27 bits per heavy atom. The van der Waals surface area contributed by atoms with E-state index in [-0.39, 0.29) is 5.75 Å². The first kappa shape index (κ1) is 16.5. The van der Waals surface area contributed by atoms with Crippen molar-refractivity contribution in [3.63, 3.8) is 0 Å². The monoisotopic (exact) mass is 377 g/mol. The predicted octanol–water partition coefficient (Wildman–Crippen LogP) is 4.09. The second-order valence-corrected chi connectivity index (χ2v) is 6.10. The van der Waals surface area contributed by atoms with E-state index in [0.29, 0.717) is 10.7 Å². The van der Waals surface area contributed by atoms with Crippen LogP contribution in [0, 0.1) is 13.8 Å². The number of nitrogens with one attached hydrogen (secondary N) is 2. The number of hydrazone groups is 1. The van der Waals surface area contributed by atoms with Gasteiger partial charge in [-0.25, -0.2) is 0 Å². The van der Waals surface area contributed by atoms with Crippen LogP contribution >= 0.6 is 28.1 Å². The predicted molar refractivity (Wildman–Crippen MR) is 98.7 cm³/mol. The molecule has 2 aromatic carbocycles. The van der Waals surface area contributed by atoms with E-state index in [4.69, 9.17) is 12.2 Å². The van der Waals surface area contributed by atoms with Crippen LogP contribution in [-0.4, -0.2) is 16.4 Å². The zero-order valence-corrected chi connectivity index (χ0v) is 14.6. The molecule has 0 atom stereocenters. The number of anilines is 1. The SMILES string of the molecule is Cc1cccc(NC(=S)N/N=C/c2cc(Br)ccc2O)c1C. The van der Waals surface area contributed by atoms with Gasteiger partial charge in [0.1, 0.15) is 5.75 Å². The number of phenolic OH excluding ortho intramolecular Hbond substituents is 1. The van der Waals surface area contributed by atoms with E-state index in [1.807, 2.05) is 32.0 Å². The van der Waals surface area contributed by atoms with Crippen LogP contribution in [0.4, 0.5) is 5.69 Å². The summed E-state index contributed by atoms with van der Waals surface area (Å²) in [6.07, 6.45) is 1.51. The van der Waals surface area contributed by atoms with Crippen LogP contribution in [0.2, 0.25) is 0 Å². The Bertz CT molecular complexity index is 731. The Hall–Kier alpha value is -1.92. The van der Waals surface area contributed by atoms with Gasteiger partial charge in [-0.1, -0.05) is 28.1 Å². The summed E-state index contributed by atoms with van der Waals surface area (Å²) in [6.45, 7) is 4.08. The Labute approximate surface area is 143 Å². The van der Waals surface area contributed by atoms with E-state index in [0.717, 1.165) is 15.7 Å². The lowest BCUT2D eigenvalue weighted by molar-refractivity contribution is 0.474. The fourth-order valence-electron chi connectivity index (χ4n) is 1.83. The highest BCUT2D eigenvalue weighted by molar-refractivity contribution is 9.10. The largest absolute Gasteiger partial charge is 0.507 e. The average Bonchev–Trinajstić information content (AvgIpc) is 2.47. The Morgan fingerprint density at radius 3 is 2.82 bits per heavy atom. The van der Waals surface area contributed by atoms with Crippen molar-refractivity contribution in [1.29, 1.82) is 0 Å². The van der Waals surface area contributed by atoms with Crippen LogP contribution < -0.4 is 10.7 Å². The molecule has 4 nitrogen and oxygen atoms in total. The summed E-state index contributed by atoms with van der Waals surface area (Å²) in [7, 11) is 0. The van der Waals surface area contributed by atoms with Gasteiger partial charge in [0.2, 0.25) is 0 Å². The van der Waals surface area contributed by atoms with Crippen molar-refractivity contribution in [2.75, 3.05) is 5.32 Å². The molecule has 3 N–H and O–H groups in total. The van der Waals surface area contributed by atoms with Crippen LogP contribution in [0.5, 0.6) is 5.75 Å². The normalized spacial score (nSPS) is 10.7. The van der Waals surface area contributed by atoms with Crippen molar-refractivity contribution in [3.05, 3.63) is 57.6 Å². The highest BCUT2D eigenvalue weighted by Gasteiger charge is 2.02. The average molecular weight is 378 g/mol. The first-order chi connectivity index (χ1) is 10.5. The third-order valence-corrected chi connectivity index (χ3v) is 3.90. The van der Waals surface area contributed by atoms with E-state index < -0.39 is 0 Å². The molecule has 0 radical (unpaired) electrons. The molecule has 6 heteroatoms. The zero-order valence-electron chi connectivity index (χ0n) is 12.2. The van der Waals surface area contributed by atoms with E-state index >= 15 is 0 Å². The molecule has 2 rings (SSSR count). The van der Waals surface area contributed by atoms with Crippen LogP contribution in [-0.2, 0) is 0 Å². The quantitative estimate of drug-likeness (QED) is 0.428. The molecule has 0 heterocycles. The lowest BCUT2D eigenvalue weighted by Gasteiger charge is -2.11. The molecule has 0 bridgehead atoms. The summed E-state index contributed by atoms with van der Waals surface area (Å²) in [5.41, 5.74) is 6.60. The van der Waals surface area contributed by atoms with Crippen LogP contribution in [0.3, 0.4) is 0 Å². The maximum absolute atomic E-state index is 9.71. The minimum absolute atomic E-state index is 0.155. The van der Waals surface area contributed by atoms with E-state index in [2.05, 4.69) is 31.8 Å². The second-order valence-electron chi connectivity index (χ2n) is 4.77. The van der Waals surface area contributed by atoms with E-state index in [9.17, 15) is 5.11 Å². The van der Waals surface area contributed by atoms with Gasteiger partial charge in [-0.05, 0) is 61.5 Å². The lowest BCUT2D eigenvalue weighted by Crippen LogP contribution is -2.24. The van der Waals surface area contributed by atoms with Gasteiger partial charge in [-0.15, -0.1) is 0 Å². The summed E-state index contributed by atoms with van der Waals surface area (Å²) in [4.78, 5) is 0. The van der Waals surface area contributed by atoms with Crippen molar-refractivity contribution in [2.45, 2.75) is 13.8 Å². The minimum Gasteiger partial charge on any atom is -0.507 e. The number of nitrogens with zero attached hydrogens (tertiary/aromatic N) is 1. The fourth-order valence-corrected chi connectivity index (χ4v) is 2.37. The van der Waals surface area contributed by atoms with Gasteiger partial charge in [-0.3, -0.25) is 5.43 Å². The van der Waals surface area contributed by atoms with E-state index in [1.54, 1.807) is 18.2 Å². The van der Waals surface area contributed by atoms with E-state index in [1.165, 1.54) is 11.8 Å². The Balaban J connectivity index is 1.99. The molecule has 0 spiro atoms. The van der Waals surface area contributed by atoms with Gasteiger partial charge in [0.05, 0.1) is 6.21 Å². The van der Waals surface area contributed by atoms with Gasteiger partial charge >= 0.3 is 0 Å². The van der Waals surface area contributed by atoms with Crippen molar-refractivity contribution in [2.24, 2.45) is 5.10 Å². The summed E-state index contributed by atoms with van der Waals surface area (Å²) < 4.78 is 0.864. The molecule has 114 valence electrons. The zero-order chi connectivity index (χ0) is 16.1. The third-order valence-electron chi connectivity index (χ3n) is 3.21. The fraction of sp³-hybridized carbons (Fsp3) is 0.125. The smallest absolute Gasteiger partial charge is 0.191 e. The molecule has 0 aliphatic rings. The first-order valence-electron chi connectivity index (χ1n) is 6.62. The number of rotatable bonds is 3. The summed E-state index contributed by atoms with van der Waals surface area (Å²) in [5.74, 6) is 0.155. The molecule has 0 unspecified atom stereocenters. The van der Waals surface area contributed by atoms with Crippen LogP contribution in [0.15, 0.2) is 46.0 Å². The summed E-state index contributed by atoms with van der Waals surface area (Å²) >= 11 is 8.55. The molecule has 22 heavy (non-hydrogen) atoms. The van der Waals surface area contributed by atoms with Crippen molar-refractivity contribution in [1.82, 2.24) is 5.43 Å². The molecule has 0 aliphatic heterocycles. The number of thiocarbonyl (C=S) groups is 1. The number of aryl methyl sites for hydroxylation is 1. The topological polar surface area (TPSA) is 56.7 Å². The van der Waals surface area contributed by atoms with Crippen LogP contribution in [0.25, 0.3) is 0 Å². The molecular weight excluding hydrogens is 362 g/mol. The van der Waals surface area contributed by atoms with Gasteiger partial charge in [0.25, 0.3) is 0 Å². The number of hydrogen-bond donors (Lipinski definition) is 3. The maximum atomic E-state index is 9.71. The first-order valence-corrected chi connectivity index (χ1v) is 7.82. The molecule has 0 amide bonds. The summed E-state index contributed by atoms with van der Waals surface area (Å²) in [6, 6.07) is 11.1. The lowest BCUT2D eigenvalue weighted by atomic mass is 10.1. The highest BCUT2D eigenvalue weighted by Crippen LogP contribution is 2.20. The number of phenols is 1. The van der Waals surface area contributed by atoms with Crippen molar-refractivity contribution < 1.29 is 5.11 Å². The van der Waals surface area contributed by atoms with Gasteiger partial charge in [0.15, 0.2) is 5.11 Å². The van der Waals surface area contributed by atoms with Crippen LogP contribution in [0.1, 0.15) is 16.7 Å². The molecule has 2 aromatic rings. The number of hydrogen-bond acceptors (Lipinski definition) is 3. The Kier molecular flexibility index (Phi) is 5.51. The minimum atomic E-state index is 0.155. The van der Waals surface area contributed by atoms with Gasteiger partial charge in [-0.2, -0.15) is 5.10 Å². The second kappa shape index (κ2) is 7.38. The molecule has 0 aliphatic carbocycles. The number of aromatic hydroxyl groups is 1. The Morgan fingerprint density at radius 2 is 2.05 bits per heavy atom.